The lowest BCUT2D eigenvalue weighted by molar-refractivity contribution is -0.127. The van der Waals surface area contributed by atoms with Gasteiger partial charge in [0.15, 0.2) is 0 Å². The van der Waals surface area contributed by atoms with Gasteiger partial charge >= 0.3 is 0 Å². The van der Waals surface area contributed by atoms with Crippen LogP contribution in [0.5, 0.6) is 0 Å². The normalized spacial score (nSPS) is 22.2. The second kappa shape index (κ2) is 7.35. The lowest BCUT2D eigenvalue weighted by atomic mass is 9.69. The van der Waals surface area contributed by atoms with E-state index in [-0.39, 0.29) is 17.2 Å². The van der Waals surface area contributed by atoms with Crippen LogP contribution in [0.3, 0.4) is 0 Å². The molecule has 2 aliphatic rings. The van der Waals surface area contributed by atoms with Crippen LogP contribution in [-0.2, 0) is 10.2 Å². The maximum atomic E-state index is 12.5. The molecule has 0 spiro atoms. The molecule has 1 atom stereocenters. The molecular formula is C19H27BrN2O. The molecule has 1 aromatic rings. The monoisotopic (exact) mass is 378 g/mol. The standard InChI is InChI=1S/C19H27BrN2O/c1-14(15-11-21-12-15)18(23)22-13-19(8-3-2-4-9-19)16-6-5-7-17(20)10-16/h5-7,10,14-15,21H,2-4,8-9,11-13H2,1H3,(H,22,23). The van der Waals surface area contributed by atoms with Crippen LogP contribution in [-0.4, -0.2) is 25.5 Å². The number of hydrogen-bond acceptors (Lipinski definition) is 2. The molecule has 1 aromatic carbocycles. The molecule has 3 rings (SSSR count). The number of carbonyl (C=O) groups is 1. The van der Waals surface area contributed by atoms with E-state index >= 15 is 0 Å². The Morgan fingerprint density at radius 3 is 2.70 bits per heavy atom. The molecular weight excluding hydrogens is 352 g/mol. The summed E-state index contributed by atoms with van der Waals surface area (Å²) >= 11 is 3.60. The summed E-state index contributed by atoms with van der Waals surface area (Å²) in [4.78, 5) is 12.5. The molecule has 2 N–H and O–H groups in total. The molecule has 1 aliphatic carbocycles. The molecule has 0 radical (unpaired) electrons. The highest BCUT2D eigenvalue weighted by Crippen LogP contribution is 2.39. The fourth-order valence-electron chi connectivity index (χ4n) is 3.91. The van der Waals surface area contributed by atoms with E-state index in [0.29, 0.717) is 5.92 Å². The molecule has 1 unspecified atom stereocenters. The summed E-state index contributed by atoms with van der Waals surface area (Å²) in [5, 5.41) is 6.53. The Morgan fingerprint density at radius 1 is 1.35 bits per heavy atom. The minimum Gasteiger partial charge on any atom is -0.355 e. The summed E-state index contributed by atoms with van der Waals surface area (Å²) in [6, 6.07) is 8.64. The maximum Gasteiger partial charge on any atom is 0.223 e. The Morgan fingerprint density at radius 2 is 2.09 bits per heavy atom. The molecule has 126 valence electrons. The average Bonchev–Trinajstić information content (AvgIpc) is 2.52. The molecule has 1 aliphatic heterocycles. The van der Waals surface area contributed by atoms with Crippen LogP contribution < -0.4 is 10.6 Å². The van der Waals surface area contributed by atoms with Crippen LogP contribution in [0.2, 0.25) is 0 Å². The maximum absolute atomic E-state index is 12.5. The lowest BCUT2D eigenvalue weighted by Gasteiger charge is -2.39. The first-order valence-electron chi connectivity index (χ1n) is 8.85. The Hall–Kier alpha value is -0.870. The van der Waals surface area contributed by atoms with Crippen LogP contribution in [0.1, 0.15) is 44.6 Å². The van der Waals surface area contributed by atoms with Crippen molar-refractivity contribution in [3.8, 4) is 0 Å². The summed E-state index contributed by atoms with van der Waals surface area (Å²) in [7, 11) is 0. The largest absolute Gasteiger partial charge is 0.355 e. The highest BCUT2D eigenvalue weighted by Gasteiger charge is 2.36. The van der Waals surface area contributed by atoms with Gasteiger partial charge in [-0.2, -0.15) is 0 Å². The van der Waals surface area contributed by atoms with Crippen molar-refractivity contribution < 1.29 is 4.79 Å². The molecule has 4 heteroatoms. The summed E-state index contributed by atoms with van der Waals surface area (Å²) < 4.78 is 1.13. The molecule has 1 saturated heterocycles. The van der Waals surface area contributed by atoms with Gasteiger partial charge in [0.25, 0.3) is 0 Å². The van der Waals surface area contributed by atoms with E-state index < -0.39 is 0 Å². The third-order valence-corrected chi connectivity index (χ3v) is 6.28. The van der Waals surface area contributed by atoms with Gasteiger partial charge in [0, 0.05) is 22.4 Å². The highest BCUT2D eigenvalue weighted by atomic mass is 79.9. The molecule has 1 amide bonds. The van der Waals surface area contributed by atoms with Gasteiger partial charge in [-0.1, -0.05) is 54.2 Å². The van der Waals surface area contributed by atoms with Gasteiger partial charge in [-0.25, -0.2) is 0 Å². The Labute approximate surface area is 147 Å². The van der Waals surface area contributed by atoms with E-state index in [1.165, 1.54) is 37.7 Å². The molecule has 0 aromatic heterocycles. The number of halogens is 1. The van der Waals surface area contributed by atoms with Gasteiger partial charge in [-0.05, 0) is 49.5 Å². The van der Waals surface area contributed by atoms with Crippen molar-refractivity contribution in [2.24, 2.45) is 11.8 Å². The third kappa shape index (κ3) is 3.80. The van der Waals surface area contributed by atoms with Gasteiger partial charge < -0.3 is 10.6 Å². The van der Waals surface area contributed by atoms with Crippen LogP contribution in [0.4, 0.5) is 0 Å². The van der Waals surface area contributed by atoms with Crippen LogP contribution in [0, 0.1) is 11.8 Å². The van der Waals surface area contributed by atoms with Gasteiger partial charge in [-0.3, -0.25) is 4.79 Å². The second-order valence-corrected chi connectivity index (χ2v) is 8.19. The van der Waals surface area contributed by atoms with E-state index in [4.69, 9.17) is 0 Å². The molecule has 23 heavy (non-hydrogen) atoms. The van der Waals surface area contributed by atoms with Crippen molar-refractivity contribution in [1.82, 2.24) is 10.6 Å². The van der Waals surface area contributed by atoms with Crippen molar-refractivity contribution in [3.63, 3.8) is 0 Å². The first kappa shape index (κ1) is 17.0. The first-order chi connectivity index (χ1) is 11.1. The smallest absolute Gasteiger partial charge is 0.223 e. The van der Waals surface area contributed by atoms with E-state index in [1.807, 2.05) is 0 Å². The van der Waals surface area contributed by atoms with Crippen molar-refractivity contribution in [1.29, 1.82) is 0 Å². The lowest BCUT2D eigenvalue weighted by Crippen LogP contribution is -2.51. The van der Waals surface area contributed by atoms with E-state index in [2.05, 4.69) is 57.8 Å². The van der Waals surface area contributed by atoms with Crippen LogP contribution in [0.15, 0.2) is 28.7 Å². The van der Waals surface area contributed by atoms with Gasteiger partial charge in [-0.15, -0.1) is 0 Å². The number of rotatable bonds is 5. The van der Waals surface area contributed by atoms with E-state index in [1.54, 1.807) is 0 Å². The van der Waals surface area contributed by atoms with E-state index in [0.717, 1.165) is 24.1 Å². The van der Waals surface area contributed by atoms with Crippen molar-refractivity contribution in [2.75, 3.05) is 19.6 Å². The Bertz CT molecular complexity index is 550. The van der Waals surface area contributed by atoms with Crippen molar-refractivity contribution >= 4 is 21.8 Å². The number of hydrogen-bond donors (Lipinski definition) is 2. The minimum atomic E-state index is 0.106. The Kier molecular flexibility index (Phi) is 5.42. The zero-order valence-electron chi connectivity index (χ0n) is 13.9. The predicted octanol–water partition coefficient (Wildman–Crippen LogP) is 3.62. The number of benzene rings is 1. The topological polar surface area (TPSA) is 41.1 Å². The summed E-state index contributed by atoms with van der Waals surface area (Å²) in [6.07, 6.45) is 6.16. The molecule has 1 saturated carbocycles. The van der Waals surface area contributed by atoms with Crippen LogP contribution >= 0.6 is 15.9 Å². The average molecular weight is 379 g/mol. The summed E-state index contributed by atoms with van der Waals surface area (Å²) in [5.41, 5.74) is 1.47. The zero-order chi connectivity index (χ0) is 16.3. The van der Waals surface area contributed by atoms with E-state index in [9.17, 15) is 4.79 Å². The Balaban J connectivity index is 1.70. The van der Waals surface area contributed by atoms with Crippen molar-refractivity contribution in [2.45, 2.75) is 44.4 Å². The highest BCUT2D eigenvalue weighted by molar-refractivity contribution is 9.10. The zero-order valence-corrected chi connectivity index (χ0v) is 15.5. The number of amides is 1. The van der Waals surface area contributed by atoms with Crippen LogP contribution in [0.25, 0.3) is 0 Å². The summed E-state index contributed by atoms with van der Waals surface area (Å²) in [5.74, 6) is 0.832. The molecule has 0 bridgehead atoms. The number of nitrogens with one attached hydrogen (secondary N) is 2. The first-order valence-corrected chi connectivity index (χ1v) is 9.64. The third-order valence-electron chi connectivity index (χ3n) is 5.78. The molecule has 1 heterocycles. The fourth-order valence-corrected chi connectivity index (χ4v) is 4.31. The number of carbonyl (C=O) groups excluding carboxylic acids is 1. The van der Waals surface area contributed by atoms with Gasteiger partial charge in [0.2, 0.25) is 5.91 Å². The summed E-state index contributed by atoms with van der Waals surface area (Å²) in [6.45, 7) is 4.79. The molecule has 2 fully saturated rings. The molecule has 3 nitrogen and oxygen atoms in total. The fraction of sp³-hybridized carbons (Fsp3) is 0.632. The minimum absolute atomic E-state index is 0.106. The quantitative estimate of drug-likeness (QED) is 0.821. The van der Waals surface area contributed by atoms with Gasteiger partial charge in [0.1, 0.15) is 0 Å². The second-order valence-electron chi connectivity index (χ2n) is 7.28. The SMILES string of the molecule is CC(C(=O)NCC1(c2cccc(Br)c2)CCCCC1)C1CNC1. The predicted molar refractivity (Wildman–Crippen MR) is 97.4 cm³/mol. The van der Waals surface area contributed by atoms with Gasteiger partial charge in [0.05, 0.1) is 0 Å². The van der Waals surface area contributed by atoms with Crippen molar-refractivity contribution in [3.05, 3.63) is 34.3 Å².